The average Bonchev–Trinajstić information content (AvgIpc) is 3.46. The van der Waals surface area contributed by atoms with Crippen LogP contribution in [-0.4, -0.2) is 24.8 Å². The SMILES string of the molecule is Cn1nnn(C2=CC=CC(C3CC3)C2/C=C/c2cc(C(F)(F)F)c(N)cn2)c1=O. The predicted molar refractivity (Wildman–Crippen MR) is 101 cm³/mol. The number of aromatic nitrogens is 5. The van der Waals surface area contributed by atoms with Gasteiger partial charge < -0.3 is 5.73 Å². The summed E-state index contributed by atoms with van der Waals surface area (Å²) >= 11 is 0. The van der Waals surface area contributed by atoms with E-state index in [1.807, 2.05) is 6.08 Å². The Balaban J connectivity index is 1.70. The molecule has 0 bridgehead atoms. The Morgan fingerprint density at radius 2 is 2.03 bits per heavy atom. The number of nitrogens with two attached hydrogens (primary N) is 1. The molecule has 2 aromatic heterocycles. The van der Waals surface area contributed by atoms with Gasteiger partial charge in [-0.1, -0.05) is 18.2 Å². The molecule has 2 atom stereocenters. The summed E-state index contributed by atoms with van der Waals surface area (Å²) in [5.74, 6) is 0.341. The molecule has 2 heterocycles. The molecule has 152 valence electrons. The van der Waals surface area contributed by atoms with Crippen molar-refractivity contribution in [3.05, 3.63) is 58.3 Å². The van der Waals surface area contributed by atoms with Crippen LogP contribution in [0.1, 0.15) is 24.1 Å². The van der Waals surface area contributed by atoms with Crippen molar-refractivity contribution >= 4 is 17.5 Å². The minimum Gasteiger partial charge on any atom is -0.397 e. The maximum Gasteiger partial charge on any atom is 0.418 e. The summed E-state index contributed by atoms with van der Waals surface area (Å²) in [6.45, 7) is 0. The Kier molecular flexibility index (Phi) is 4.64. The fourth-order valence-corrected chi connectivity index (χ4v) is 3.58. The summed E-state index contributed by atoms with van der Waals surface area (Å²) in [6, 6.07) is 0.925. The Morgan fingerprint density at radius 3 is 2.66 bits per heavy atom. The third kappa shape index (κ3) is 3.74. The zero-order valence-electron chi connectivity index (χ0n) is 15.5. The average molecular weight is 404 g/mol. The van der Waals surface area contributed by atoms with Gasteiger partial charge in [-0.05, 0) is 53.3 Å². The maximum absolute atomic E-state index is 13.1. The molecule has 4 rings (SSSR count). The molecule has 1 fully saturated rings. The van der Waals surface area contributed by atoms with E-state index in [0.717, 1.165) is 29.8 Å². The number of rotatable bonds is 4. The van der Waals surface area contributed by atoms with Crippen LogP contribution in [0.25, 0.3) is 11.8 Å². The molecular weight excluding hydrogens is 385 g/mol. The zero-order chi connectivity index (χ0) is 20.8. The molecule has 0 aliphatic heterocycles. The highest BCUT2D eigenvalue weighted by Gasteiger charge is 2.38. The molecule has 2 unspecified atom stereocenters. The summed E-state index contributed by atoms with van der Waals surface area (Å²) in [5.41, 5.74) is 4.47. The summed E-state index contributed by atoms with van der Waals surface area (Å²) in [7, 11) is 1.51. The number of pyridine rings is 1. The molecule has 0 radical (unpaired) electrons. The second-order valence-corrected chi connectivity index (χ2v) is 7.27. The highest BCUT2D eigenvalue weighted by molar-refractivity contribution is 5.60. The first-order chi connectivity index (χ1) is 13.8. The monoisotopic (exact) mass is 404 g/mol. The van der Waals surface area contributed by atoms with Gasteiger partial charge in [0.15, 0.2) is 0 Å². The van der Waals surface area contributed by atoms with Crippen LogP contribution in [-0.2, 0) is 13.2 Å². The normalized spacial score (nSPS) is 22.3. The molecule has 0 aromatic carbocycles. The Labute approximate surface area is 164 Å². The molecule has 7 nitrogen and oxygen atoms in total. The molecule has 0 amide bonds. The first-order valence-corrected chi connectivity index (χ1v) is 9.14. The van der Waals surface area contributed by atoms with Gasteiger partial charge in [0.25, 0.3) is 0 Å². The molecule has 2 aliphatic carbocycles. The maximum atomic E-state index is 13.1. The number of allylic oxidation sites excluding steroid dienone is 5. The van der Waals surface area contributed by atoms with Crippen LogP contribution in [0, 0.1) is 17.8 Å². The van der Waals surface area contributed by atoms with Crippen LogP contribution in [0.3, 0.4) is 0 Å². The van der Waals surface area contributed by atoms with Crippen molar-refractivity contribution in [2.24, 2.45) is 24.8 Å². The van der Waals surface area contributed by atoms with E-state index in [0.29, 0.717) is 11.6 Å². The van der Waals surface area contributed by atoms with Crippen LogP contribution in [0.4, 0.5) is 18.9 Å². The second kappa shape index (κ2) is 7.02. The van der Waals surface area contributed by atoms with E-state index in [4.69, 9.17) is 5.73 Å². The quantitative estimate of drug-likeness (QED) is 0.846. The number of alkyl halides is 3. The van der Waals surface area contributed by atoms with E-state index < -0.39 is 17.4 Å². The minimum absolute atomic E-state index is 0.121. The zero-order valence-corrected chi connectivity index (χ0v) is 15.5. The lowest BCUT2D eigenvalue weighted by Crippen LogP contribution is -2.29. The molecule has 2 N–H and O–H groups in total. The van der Waals surface area contributed by atoms with Gasteiger partial charge in [0, 0.05) is 13.0 Å². The topological polar surface area (TPSA) is 91.6 Å². The first-order valence-electron chi connectivity index (χ1n) is 9.14. The minimum atomic E-state index is -4.56. The largest absolute Gasteiger partial charge is 0.418 e. The van der Waals surface area contributed by atoms with Gasteiger partial charge in [-0.3, -0.25) is 4.98 Å². The summed E-state index contributed by atoms with van der Waals surface area (Å²) < 4.78 is 41.7. The highest BCUT2D eigenvalue weighted by Crippen LogP contribution is 2.46. The van der Waals surface area contributed by atoms with E-state index in [2.05, 4.69) is 21.5 Å². The molecule has 10 heteroatoms. The fraction of sp³-hybridized carbons (Fsp3) is 0.368. The van der Waals surface area contributed by atoms with Crippen LogP contribution in [0.15, 0.2) is 41.4 Å². The van der Waals surface area contributed by atoms with Gasteiger partial charge in [-0.15, -0.1) is 0 Å². The lowest BCUT2D eigenvalue weighted by Gasteiger charge is -2.26. The Hall–Kier alpha value is -3.17. The molecular formula is C19H19F3N6O. The van der Waals surface area contributed by atoms with E-state index >= 15 is 0 Å². The molecule has 2 aromatic rings. The molecule has 0 spiro atoms. The van der Waals surface area contributed by atoms with Crippen molar-refractivity contribution in [2.45, 2.75) is 19.0 Å². The standard InChI is InChI=1S/C19H19F3N6O/c1-27-18(29)28(26-25-27)17-4-2-3-13(11-5-6-11)14(17)8-7-12-9-15(19(20,21)22)16(23)10-24-12/h2-4,7-11,13-14H,5-6,23H2,1H3/b8-7+. The Bertz CT molecular complexity index is 1070. The molecule has 29 heavy (non-hydrogen) atoms. The Morgan fingerprint density at radius 1 is 1.28 bits per heavy atom. The van der Waals surface area contributed by atoms with Crippen molar-refractivity contribution in [3.8, 4) is 0 Å². The first kappa shape index (κ1) is 19.2. The van der Waals surface area contributed by atoms with Crippen molar-refractivity contribution in [1.82, 2.24) is 24.8 Å². The van der Waals surface area contributed by atoms with Gasteiger partial charge in [-0.2, -0.15) is 22.5 Å². The third-order valence-electron chi connectivity index (χ3n) is 5.22. The van der Waals surface area contributed by atoms with E-state index in [9.17, 15) is 18.0 Å². The van der Waals surface area contributed by atoms with Crippen LogP contribution in [0.5, 0.6) is 0 Å². The lowest BCUT2D eigenvalue weighted by atomic mass is 9.82. The van der Waals surface area contributed by atoms with E-state index in [1.54, 1.807) is 12.2 Å². The number of anilines is 1. The van der Waals surface area contributed by atoms with Crippen molar-refractivity contribution in [2.75, 3.05) is 5.73 Å². The van der Waals surface area contributed by atoms with Crippen molar-refractivity contribution in [3.63, 3.8) is 0 Å². The number of hydrogen-bond donors (Lipinski definition) is 1. The fourth-order valence-electron chi connectivity index (χ4n) is 3.58. The predicted octanol–water partition coefficient (Wildman–Crippen LogP) is 2.74. The van der Waals surface area contributed by atoms with Crippen molar-refractivity contribution < 1.29 is 13.2 Å². The summed E-state index contributed by atoms with van der Waals surface area (Å²) in [6.07, 6.45) is 7.62. The number of halogens is 3. The number of tetrazole rings is 1. The van der Waals surface area contributed by atoms with E-state index in [-0.39, 0.29) is 23.2 Å². The van der Waals surface area contributed by atoms with Gasteiger partial charge in [0.2, 0.25) is 0 Å². The number of nitrogen functional groups attached to an aromatic ring is 1. The van der Waals surface area contributed by atoms with Gasteiger partial charge in [-0.25, -0.2) is 4.79 Å². The smallest absolute Gasteiger partial charge is 0.397 e. The van der Waals surface area contributed by atoms with Crippen LogP contribution in [0.2, 0.25) is 0 Å². The molecule has 0 saturated heterocycles. The number of aryl methyl sites for hydroxylation is 1. The molecule has 1 saturated carbocycles. The highest BCUT2D eigenvalue weighted by atomic mass is 19.4. The summed E-state index contributed by atoms with van der Waals surface area (Å²) in [4.78, 5) is 16.3. The molecule has 2 aliphatic rings. The van der Waals surface area contributed by atoms with E-state index in [1.165, 1.54) is 17.8 Å². The van der Waals surface area contributed by atoms with Gasteiger partial charge >= 0.3 is 11.9 Å². The summed E-state index contributed by atoms with van der Waals surface area (Å²) in [5, 5.41) is 7.67. The van der Waals surface area contributed by atoms with Crippen LogP contribution < -0.4 is 11.4 Å². The second-order valence-electron chi connectivity index (χ2n) is 7.27. The third-order valence-corrected chi connectivity index (χ3v) is 5.22. The number of hydrogen-bond acceptors (Lipinski definition) is 5. The van der Waals surface area contributed by atoms with Gasteiger partial charge in [0.1, 0.15) is 0 Å². The van der Waals surface area contributed by atoms with Crippen LogP contribution >= 0.6 is 0 Å². The lowest BCUT2D eigenvalue weighted by molar-refractivity contribution is -0.137. The number of nitrogens with zero attached hydrogens (tertiary/aromatic N) is 5. The van der Waals surface area contributed by atoms with Gasteiger partial charge in [0.05, 0.1) is 28.8 Å². The van der Waals surface area contributed by atoms with Crippen molar-refractivity contribution in [1.29, 1.82) is 0 Å².